The first-order valence-corrected chi connectivity index (χ1v) is 6.52. The van der Waals surface area contributed by atoms with Crippen molar-refractivity contribution >= 4 is 5.78 Å². The maximum Gasteiger partial charge on any atom is 0.167 e. The van der Waals surface area contributed by atoms with Crippen molar-refractivity contribution in [1.29, 1.82) is 0 Å². The van der Waals surface area contributed by atoms with Crippen molar-refractivity contribution in [3.63, 3.8) is 0 Å². The molecular weight excluding hydrogens is 240 g/mol. The molecule has 2 rings (SSSR count). The van der Waals surface area contributed by atoms with E-state index in [2.05, 4.69) is 6.58 Å². The number of carbonyl (C=O) groups excluding carboxylic acids is 1. The third kappa shape index (κ3) is 2.87. The van der Waals surface area contributed by atoms with Gasteiger partial charge in [-0.3, -0.25) is 4.79 Å². The van der Waals surface area contributed by atoms with Crippen LogP contribution in [0.2, 0.25) is 0 Å². The van der Waals surface area contributed by atoms with Gasteiger partial charge in [-0.25, -0.2) is 0 Å². The van der Waals surface area contributed by atoms with E-state index in [-0.39, 0.29) is 17.8 Å². The fourth-order valence-electron chi connectivity index (χ4n) is 2.51. The summed E-state index contributed by atoms with van der Waals surface area (Å²) in [6.07, 6.45) is 6.55. The molecule has 2 atom stereocenters. The van der Waals surface area contributed by atoms with E-state index in [1.54, 1.807) is 13.4 Å². The number of fused-ring (bicyclic) bond motifs is 1. The zero-order chi connectivity index (χ0) is 14.0. The highest BCUT2D eigenvalue weighted by molar-refractivity contribution is 5.98. The summed E-state index contributed by atoms with van der Waals surface area (Å²) >= 11 is 0. The molecule has 1 aromatic rings. The molecule has 1 unspecified atom stereocenters. The molecule has 19 heavy (non-hydrogen) atoms. The van der Waals surface area contributed by atoms with E-state index in [1.165, 1.54) is 0 Å². The quantitative estimate of drug-likeness (QED) is 0.776. The van der Waals surface area contributed by atoms with E-state index >= 15 is 0 Å². The number of ketones is 1. The summed E-state index contributed by atoms with van der Waals surface area (Å²) in [5, 5.41) is 0. The summed E-state index contributed by atoms with van der Waals surface area (Å²) < 4.78 is 10.9. The van der Waals surface area contributed by atoms with Crippen LogP contribution >= 0.6 is 0 Å². The van der Waals surface area contributed by atoms with Crippen LogP contribution in [0, 0.1) is 12.8 Å². The van der Waals surface area contributed by atoms with Gasteiger partial charge in [0.05, 0.1) is 17.9 Å². The van der Waals surface area contributed by atoms with Gasteiger partial charge in [-0.1, -0.05) is 25.7 Å². The smallest absolute Gasteiger partial charge is 0.167 e. The summed E-state index contributed by atoms with van der Waals surface area (Å²) in [6, 6.07) is 0. The van der Waals surface area contributed by atoms with E-state index in [4.69, 9.17) is 9.15 Å². The standard InChI is InChI=1S/C16H20O3/c1-10-5-6-14(18-4)11(2)8-13(17)16-12(3)9-19-15(16)7-10/h5-6,9,11,14H,1,7-8H2,2-4H3/t11-,14?/m1/s1. The zero-order valence-electron chi connectivity index (χ0n) is 11.7. The van der Waals surface area contributed by atoms with Gasteiger partial charge in [0.1, 0.15) is 5.76 Å². The van der Waals surface area contributed by atoms with Gasteiger partial charge in [-0.2, -0.15) is 0 Å². The maximum absolute atomic E-state index is 12.4. The van der Waals surface area contributed by atoms with Crippen LogP contribution < -0.4 is 0 Å². The Bertz CT molecular complexity index is 522. The molecule has 3 nitrogen and oxygen atoms in total. The van der Waals surface area contributed by atoms with Gasteiger partial charge in [0, 0.05) is 20.0 Å². The van der Waals surface area contributed by atoms with Crippen LogP contribution in [0.3, 0.4) is 0 Å². The number of furan rings is 1. The molecule has 1 aliphatic rings. The number of aryl methyl sites for hydroxylation is 1. The largest absolute Gasteiger partial charge is 0.468 e. The number of hydrogen-bond donors (Lipinski definition) is 0. The van der Waals surface area contributed by atoms with E-state index < -0.39 is 0 Å². The van der Waals surface area contributed by atoms with Crippen molar-refractivity contribution in [3.05, 3.63) is 47.5 Å². The van der Waals surface area contributed by atoms with Crippen LogP contribution in [-0.2, 0) is 11.2 Å². The molecule has 0 saturated heterocycles. The van der Waals surface area contributed by atoms with E-state index in [0.29, 0.717) is 12.8 Å². The molecule has 0 aromatic carbocycles. The number of methoxy groups -OCH3 is 1. The van der Waals surface area contributed by atoms with Gasteiger partial charge in [-0.15, -0.1) is 0 Å². The van der Waals surface area contributed by atoms with Crippen LogP contribution in [-0.4, -0.2) is 19.0 Å². The molecule has 0 amide bonds. The van der Waals surface area contributed by atoms with Crippen molar-refractivity contribution in [2.24, 2.45) is 5.92 Å². The molecular formula is C16H20O3. The maximum atomic E-state index is 12.4. The first-order valence-electron chi connectivity index (χ1n) is 6.52. The molecule has 3 heteroatoms. The Balaban J connectivity index is 2.40. The number of carbonyl (C=O) groups is 1. The lowest BCUT2D eigenvalue weighted by molar-refractivity contribution is 0.0772. The predicted octanol–water partition coefficient (Wildman–Crippen LogP) is 3.48. The van der Waals surface area contributed by atoms with Gasteiger partial charge < -0.3 is 9.15 Å². The third-order valence-corrected chi connectivity index (χ3v) is 3.58. The van der Waals surface area contributed by atoms with Crippen LogP contribution in [0.4, 0.5) is 0 Å². The van der Waals surface area contributed by atoms with Crippen molar-refractivity contribution in [1.82, 2.24) is 0 Å². The average Bonchev–Trinajstić information content (AvgIpc) is 2.70. The summed E-state index contributed by atoms with van der Waals surface area (Å²) in [6.45, 7) is 7.93. The second-order valence-electron chi connectivity index (χ2n) is 5.22. The van der Waals surface area contributed by atoms with Crippen LogP contribution in [0.25, 0.3) is 0 Å². The molecule has 0 aliphatic heterocycles. The Hall–Kier alpha value is -1.61. The van der Waals surface area contributed by atoms with Gasteiger partial charge in [0.25, 0.3) is 0 Å². The molecule has 0 N–H and O–H groups in total. The summed E-state index contributed by atoms with van der Waals surface area (Å²) in [5.41, 5.74) is 2.54. The fourth-order valence-corrected chi connectivity index (χ4v) is 2.51. The monoisotopic (exact) mass is 260 g/mol. The highest BCUT2D eigenvalue weighted by atomic mass is 16.5. The van der Waals surface area contributed by atoms with E-state index in [9.17, 15) is 4.79 Å². The Labute approximate surface area is 113 Å². The third-order valence-electron chi connectivity index (χ3n) is 3.58. The van der Waals surface area contributed by atoms with Gasteiger partial charge in [0.15, 0.2) is 5.78 Å². The second kappa shape index (κ2) is 5.57. The number of rotatable bonds is 1. The van der Waals surface area contributed by atoms with Crippen molar-refractivity contribution < 1.29 is 13.9 Å². The van der Waals surface area contributed by atoms with Gasteiger partial charge in [0.2, 0.25) is 0 Å². The van der Waals surface area contributed by atoms with Crippen LogP contribution in [0.15, 0.2) is 35.0 Å². The lowest BCUT2D eigenvalue weighted by Gasteiger charge is -2.20. The first kappa shape index (κ1) is 13.8. The molecule has 0 saturated carbocycles. The van der Waals surface area contributed by atoms with Crippen LogP contribution in [0.1, 0.15) is 35.0 Å². The fraction of sp³-hybridized carbons (Fsp3) is 0.438. The second-order valence-corrected chi connectivity index (χ2v) is 5.22. The Kier molecular flexibility index (Phi) is 4.05. The van der Waals surface area contributed by atoms with E-state index in [0.717, 1.165) is 22.5 Å². The van der Waals surface area contributed by atoms with Crippen molar-refractivity contribution in [3.8, 4) is 0 Å². The zero-order valence-corrected chi connectivity index (χ0v) is 11.7. The number of ether oxygens (including phenoxy) is 1. The van der Waals surface area contributed by atoms with Crippen molar-refractivity contribution in [2.45, 2.75) is 32.8 Å². The van der Waals surface area contributed by atoms with Gasteiger partial charge >= 0.3 is 0 Å². The Morgan fingerprint density at radius 2 is 2.21 bits per heavy atom. The lowest BCUT2D eigenvalue weighted by atomic mass is 9.90. The Morgan fingerprint density at radius 3 is 2.89 bits per heavy atom. The molecule has 1 aliphatic carbocycles. The molecule has 0 fully saturated rings. The first-order chi connectivity index (χ1) is 9.02. The molecule has 102 valence electrons. The summed E-state index contributed by atoms with van der Waals surface area (Å²) in [5.74, 6) is 0.973. The molecule has 1 aromatic heterocycles. The molecule has 0 spiro atoms. The molecule has 0 bridgehead atoms. The predicted molar refractivity (Wildman–Crippen MR) is 74.3 cm³/mol. The SMILES string of the molecule is C=C1C=CC(OC)[C@H](C)CC(=O)c2c(C)coc2C1. The van der Waals surface area contributed by atoms with Crippen LogP contribution in [0.5, 0.6) is 0 Å². The Morgan fingerprint density at radius 1 is 1.47 bits per heavy atom. The topological polar surface area (TPSA) is 39.4 Å². The minimum Gasteiger partial charge on any atom is -0.468 e. The summed E-state index contributed by atoms with van der Waals surface area (Å²) in [7, 11) is 1.67. The normalized spacial score (nSPS) is 24.4. The lowest BCUT2D eigenvalue weighted by Crippen LogP contribution is -2.22. The number of Topliss-reactive ketones (excluding diaryl/α,β-unsaturated/α-hetero) is 1. The van der Waals surface area contributed by atoms with Gasteiger partial charge in [-0.05, 0) is 24.0 Å². The molecule has 1 heterocycles. The highest BCUT2D eigenvalue weighted by Gasteiger charge is 2.24. The van der Waals surface area contributed by atoms with E-state index in [1.807, 2.05) is 26.0 Å². The number of hydrogen-bond acceptors (Lipinski definition) is 3. The molecule has 0 radical (unpaired) electrons. The minimum atomic E-state index is -0.0607. The minimum absolute atomic E-state index is 0.0607. The van der Waals surface area contributed by atoms with Crippen molar-refractivity contribution in [2.75, 3.05) is 7.11 Å². The summed E-state index contributed by atoms with van der Waals surface area (Å²) in [4.78, 5) is 12.4. The number of allylic oxidation sites excluding steroid dienone is 2. The average molecular weight is 260 g/mol. The highest BCUT2D eigenvalue weighted by Crippen LogP contribution is 2.26.